The third kappa shape index (κ3) is 6.96. The zero-order chi connectivity index (χ0) is 16.5. The Bertz CT molecular complexity index is 646. The maximum Gasteiger partial charge on any atom is 0.191 e. The van der Waals surface area contributed by atoms with E-state index in [1.54, 1.807) is 25.5 Å². The van der Waals surface area contributed by atoms with Crippen LogP contribution in [0.2, 0.25) is 0 Å². The van der Waals surface area contributed by atoms with Crippen LogP contribution < -0.4 is 20.1 Å². The number of aliphatic imine (C=N–C) groups is 1. The molecule has 0 atom stereocenters. The third-order valence-electron chi connectivity index (χ3n) is 3.15. The summed E-state index contributed by atoms with van der Waals surface area (Å²) >= 11 is 1.79. The molecule has 0 aliphatic rings. The van der Waals surface area contributed by atoms with E-state index in [1.807, 2.05) is 24.3 Å². The van der Waals surface area contributed by atoms with Crippen molar-refractivity contribution in [1.29, 1.82) is 0 Å². The van der Waals surface area contributed by atoms with Crippen LogP contribution >= 0.6 is 35.3 Å². The second-order valence-electron chi connectivity index (χ2n) is 4.89. The van der Waals surface area contributed by atoms with Crippen LogP contribution in [0.15, 0.2) is 41.4 Å². The van der Waals surface area contributed by atoms with Crippen molar-refractivity contribution in [2.24, 2.45) is 4.99 Å². The summed E-state index contributed by atoms with van der Waals surface area (Å²) in [5.74, 6) is 2.35. The van der Waals surface area contributed by atoms with Gasteiger partial charge in [-0.25, -0.2) is 0 Å². The number of halogens is 1. The molecule has 1 aromatic carbocycles. The molecule has 2 rings (SSSR count). The number of thiophene rings is 1. The Morgan fingerprint density at radius 1 is 1.17 bits per heavy atom. The molecule has 0 spiro atoms. The van der Waals surface area contributed by atoms with Crippen molar-refractivity contribution in [3.8, 4) is 11.5 Å². The van der Waals surface area contributed by atoms with E-state index in [4.69, 9.17) is 9.47 Å². The lowest BCUT2D eigenvalue weighted by atomic mass is 10.3. The molecular formula is C17H24IN3O2S. The Morgan fingerprint density at radius 2 is 1.96 bits per heavy atom. The minimum absolute atomic E-state index is 0. The molecule has 5 nitrogen and oxygen atoms in total. The molecule has 0 unspecified atom stereocenters. The molecule has 0 saturated heterocycles. The van der Waals surface area contributed by atoms with E-state index in [2.05, 4.69) is 34.7 Å². The molecule has 0 saturated carbocycles. The fourth-order valence-electron chi connectivity index (χ4n) is 2.00. The Hall–Kier alpha value is -1.48. The highest BCUT2D eigenvalue weighted by Gasteiger charge is 2.01. The van der Waals surface area contributed by atoms with Crippen molar-refractivity contribution in [2.45, 2.75) is 13.5 Å². The van der Waals surface area contributed by atoms with Crippen molar-refractivity contribution < 1.29 is 9.47 Å². The van der Waals surface area contributed by atoms with Gasteiger partial charge in [0.2, 0.25) is 0 Å². The Kier molecular flexibility index (Phi) is 9.55. The molecule has 1 aromatic heterocycles. The van der Waals surface area contributed by atoms with Gasteiger partial charge in [-0.15, -0.1) is 35.3 Å². The molecule has 0 radical (unpaired) electrons. The maximum absolute atomic E-state index is 5.69. The van der Waals surface area contributed by atoms with Crippen molar-refractivity contribution in [3.05, 3.63) is 46.2 Å². The first-order chi connectivity index (χ1) is 11.2. The summed E-state index contributed by atoms with van der Waals surface area (Å²) in [4.78, 5) is 6.81. The van der Waals surface area contributed by atoms with Crippen molar-refractivity contribution >= 4 is 41.3 Å². The van der Waals surface area contributed by atoms with E-state index in [9.17, 15) is 0 Å². The number of methoxy groups -OCH3 is 1. The largest absolute Gasteiger partial charge is 0.497 e. The van der Waals surface area contributed by atoms with Gasteiger partial charge in [0.1, 0.15) is 18.1 Å². The average molecular weight is 461 g/mol. The molecule has 132 valence electrons. The number of hydrogen-bond acceptors (Lipinski definition) is 4. The first kappa shape index (κ1) is 20.6. The fourth-order valence-corrected chi connectivity index (χ4v) is 2.83. The van der Waals surface area contributed by atoms with E-state index in [0.717, 1.165) is 24.0 Å². The van der Waals surface area contributed by atoms with Gasteiger partial charge in [-0.2, -0.15) is 0 Å². The van der Waals surface area contributed by atoms with Crippen LogP contribution in [-0.2, 0) is 6.54 Å². The van der Waals surface area contributed by atoms with E-state index in [1.165, 1.54) is 9.75 Å². The number of nitrogens with one attached hydrogen (secondary N) is 2. The van der Waals surface area contributed by atoms with E-state index in [0.29, 0.717) is 13.2 Å². The standard InChI is InChI=1S/C17H23N3O2S.HI/c1-13-7-8-16(23-13)12-20-17(18-2)19-9-10-22-15-6-4-5-14(11-15)21-3;/h4-8,11H,9-10,12H2,1-3H3,(H2,18,19,20);1H. The molecule has 2 aromatic rings. The van der Waals surface area contributed by atoms with E-state index in [-0.39, 0.29) is 24.0 Å². The number of ether oxygens (including phenoxy) is 2. The van der Waals surface area contributed by atoms with Gasteiger partial charge in [0.25, 0.3) is 0 Å². The summed E-state index contributed by atoms with van der Waals surface area (Å²) in [6.07, 6.45) is 0. The lowest BCUT2D eigenvalue weighted by Gasteiger charge is -2.12. The van der Waals surface area contributed by atoms with E-state index < -0.39 is 0 Å². The molecule has 0 aliphatic heterocycles. The summed E-state index contributed by atoms with van der Waals surface area (Å²) < 4.78 is 10.9. The summed E-state index contributed by atoms with van der Waals surface area (Å²) in [5.41, 5.74) is 0. The molecule has 0 amide bonds. The van der Waals surface area contributed by atoms with Crippen molar-refractivity contribution in [2.75, 3.05) is 27.3 Å². The highest BCUT2D eigenvalue weighted by Crippen LogP contribution is 2.18. The summed E-state index contributed by atoms with van der Waals surface area (Å²) in [7, 11) is 3.41. The van der Waals surface area contributed by atoms with Gasteiger partial charge in [-0.1, -0.05) is 6.07 Å². The lowest BCUT2D eigenvalue weighted by molar-refractivity contribution is 0.319. The monoisotopic (exact) mass is 461 g/mol. The van der Waals surface area contributed by atoms with Gasteiger partial charge >= 0.3 is 0 Å². The smallest absolute Gasteiger partial charge is 0.191 e. The highest BCUT2D eigenvalue weighted by molar-refractivity contribution is 14.0. The summed E-state index contributed by atoms with van der Waals surface area (Å²) in [6.45, 7) is 4.10. The number of nitrogens with zero attached hydrogens (tertiary/aromatic N) is 1. The molecule has 0 bridgehead atoms. The topological polar surface area (TPSA) is 54.9 Å². The van der Waals surface area contributed by atoms with E-state index >= 15 is 0 Å². The van der Waals surface area contributed by atoms with Crippen LogP contribution in [0.25, 0.3) is 0 Å². The highest BCUT2D eigenvalue weighted by atomic mass is 127. The van der Waals surface area contributed by atoms with Gasteiger partial charge in [0.05, 0.1) is 20.2 Å². The van der Waals surface area contributed by atoms with Crippen LogP contribution in [0.1, 0.15) is 9.75 Å². The Morgan fingerprint density at radius 3 is 2.62 bits per heavy atom. The van der Waals surface area contributed by atoms with Crippen LogP contribution in [0.4, 0.5) is 0 Å². The zero-order valence-electron chi connectivity index (χ0n) is 14.2. The number of rotatable bonds is 7. The predicted molar refractivity (Wildman–Crippen MR) is 111 cm³/mol. The first-order valence-electron chi connectivity index (χ1n) is 7.48. The maximum atomic E-state index is 5.69. The Labute approximate surface area is 164 Å². The zero-order valence-corrected chi connectivity index (χ0v) is 17.3. The van der Waals surface area contributed by atoms with Crippen LogP contribution in [0.3, 0.4) is 0 Å². The molecule has 0 aliphatic carbocycles. The fraction of sp³-hybridized carbons (Fsp3) is 0.353. The number of guanidine groups is 1. The van der Waals surface area contributed by atoms with Crippen LogP contribution in [0.5, 0.6) is 11.5 Å². The molecule has 2 N–H and O–H groups in total. The second-order valence-corrected chi connectivity index (χ2v) is 6.26. The van der Waals surface area contributed by atoms with Crippen LogP contribution in [-0.4, -0.2) is 33.3 Å². The van der Waals surface area contributed by atoms with Crippen molar-refractivity contribution in [3.63, 3.8) is 0 Å². The molecule has 1 heterocycles. The second kappa shape index (κ2) is 11.1. The lowest BCUT2D eigenvalue weighted by Crippen LogP contribution is -2.38. The molecule has 24 heavy (non-hydrogen) atoms. The molecule has 0 fully saturated rings. The minimum atomic E-state index is 0. The summed E-state index contributed by atoms with van der Waals surface area (Å²) in [5, 5.41) is 6.52. The average Bonchev–Trinajstić information content (AvgIpc) is 3.00. The third-order valence-corrected chi connectivity index (χ3v) is 4.15. The van der Waals surface area contributed by atoms with Crippen LogP contribution in [0, 0.1) is 6.92 Å². The van der Waals surface area contributed by atoms with Gasteiger partial charge in [-0.05, 0) is 31.2 Å². The quantitative estimate of drug-likeness (QED) is 0.287. The molecule has 7 heteroatoms. The number of benzene rings is 1. The number of hydrogen-bond donors (Lipinski definition) is 2. The van der Waals surface area contributed by atoms with Gasteiger partial charge in [0, 0.05) is 22.9 Å². The van der Waals surface area contributed by atoms with Gasteiger partial charge in [-0.3, -0.25) is 4.99 Å². The SMILES string of the molecule is CN=C(NCCOc1cccc(OC)c1)NCc1ccc(C)s1.I. The van der Waals surface area contributed by atoms with Gasteiger partial charge in [0.15, 0.2) is 5.96 Å². The number of aryl methyl sites for hydroxylation is 1. The van der Waals surface area contributed by atoms with Crippen molar-refractivity contribution in [1.82, 2.24) is 10.6 Å². The molecular weight excluding hydrogens is 437 g/mol. The first-order valence-corrected chi connectivity index (χ1v) is 8.29. The minimum Gasteiger partial charge on any atom is -0.497 e. The van der Waals surface area contributed by atoms with Gasteiger partial charge < -0.3 is 20.1 Å². The Balaban J connectivity index is 0.00000288. The summed E-state index contributed by atoms with van der Waals surface area (Å²) in [6, 6.07) is 11.8. The predicted octanol–water partition coefficient (Wildman–Crippen LogP) is 3.43. The normalized spacial score (nSPS) is 10.7.